The Morgan fingerprint density at radius 3 is 2.17 bits per heavy atom. The number of aliphatic carboxylic acids is 2. The van der Waals surface area contributed by atoms with Crippen molar-refractivity contribution in [2.24, 2.45) is 0 Å². The smallest absolute Gasteiger partial charge is 0.303 e. The zero-order chi connectivity index (χ0) is 39.6. The lowest BCUT2D eigenvalue weighted by Crippen LogP contribution is -2.32. The number of hydrogen-bond donors (Lipinski definition) is 3. The molecule has 2 unspecified atom stereocenters. The average Bonchev–Trinajstić information content (AvgIpc) is 3.39. The molecule has 18 heteroatoms. The molecule has 0 saturated carbocycles. The third-order valence-corrected chi connectivity index (χ3v) is 12.3. The van der Waals surface area contributed by atoms with E-state index in [2.05, 4.69) is 0 Å². The maximum atomic E-state index is 12.1. The van der Waals surface area contributed by atoms with Crippen LogP contribution < -0.4 is 10.0 Å². The van der Waals surface area contributed by atoms with Gasteiger partial charge >= 0.3 is 5.97 Å². The van der Waals surface area contributed by atoms with Crippen LogP contribution in [-0.2, 0) is 57.2 Å². The van der Waals surface area contributed by atoms with E-state index in [1.807, 2.05) is 23.3 Å². The Morgan fingerprint density at radius 1 is 0.906 bits per heavy atom. The van der Waals surface area contributed by atoms with Crippen molar-refractivity contribution in [1.82, 2.24) is 0 Å². The fraction of sp³-hybridized carbons (Fsp3) is 0.457. The van der Waals surface area contributed by atoms with Crippen LogP contribution in [0.25, 0.3) is 0 Å². The first-order chi connectivity index (χ1) is 24.5. The minimum Gasteiger partial charge on any atom is -0.748 e. The molecular weight excluding hydrogens is 753 g/mol. The van der Waals surface area contributed by atoms with E-state index in [-0.39, 0.29) is 50.0 Å². The highest BCUT2D eigenvalue weighted by Gasteiger charge is 2.48. The van der Waals surface area contributed by atoms with E-state index in [9.17, 15) is 58.7 Å². The number of carboxylic acids is 2. The van der Waals surface area contributed by atoms with Gasteiger partial charge in [0.1, 0.15) is 6.54 Å². The molecule has 2 aliphatic rings. The summed E-state index contributed by atoms with van der Waals surface area (Å²) in [6.45, 7) is 6.00. The summed E-state index contributed by atoms with van der Waals surface area (Å²) in [4.78, 5) is 24.6. The van der Waals surface area contributed by atoms with Crippen LogP contribution in [-0.4, -0.2) is 90.8 Å². The molecule has 0 bridgehead atoms. The lowest BCUT2D eigenvalue weighted by molar-refractivity contribution is -0.437. The number of carboxylic acid groups (broad SMARTS) is 2. The van der Waals surface area contributed by atoms with Gasteiger partial charge in [-0.15, -0.1) is 0 Å². The Labute approximate surface area is 309 Å². The van der Waals surface area contributed by atoms with Crippen LogP contribution in [0.4, 0.5) is 11.4 Å². The van der Waals surface area contributed by atoms with Crippen molar-refractivity contribution in [2.75, 3.05) is 29.5 Å². The number of likely N-dealkylation sites (N-methyl/N-ethyl adjacent to an activating group) is 1. The van der Waals surface area contributed by atoms with Crippen LogP contribution in [0, 0.1) is 0 Å². The monoisotopic (exact) mass is 795 g/mol. The summed E-state index contributed by atoms with van der Waals surface area (Å²) in [6.07, 6.45) is 5.34. The fourth-order valence-electron chi connectivity index (χ4n) is 7.51. The van der Waals surface area contributed by atoms with Crippen molar-refractivity contribution in [3.8, 4) is 0 Å². The second kappa shape index (κ2) is 15.8. The molecule has 2 aromatic rings. The zero-order valence-corrected chi connectivity index (χ0v) is 32.0. The van der Waals surface area contributed by atoms with Crippen molar-refractivity contribution in [1.29, 1.82) is 0 Å². The highest BCUT2D eigenvalue weighted by Crippen LogP contribution is 2.51. The van der Waals surface area contributed by atoms with E-state index in [1.165, 1.54) is 12.1 Å². The largest absolute Gasteiger partial charge is 0.748 e. The molecule has 0 amide bonds. The van der Waals surface area contributed by atoms with Crippen molar-refractivity contribution in [3.63, 3.8) is 0 Å². The Kier molecular flexibility index (Phi) is 12.5. The summed E-state index contributed by atoms with van der Waals surface area (Å²) in [6, 6.07) is 9.14. The highest BCUT2D eigenvalue weighted by atomic mass is 32.2. The number of rotatable bonds is 18. The van der Waals surface area contributed by atoms with Gasteiger partial charge in [0, 0.05) is 72.0 Å². The number of benzene rings is 2. The van der Waals surface area contributed by atoms with Gasteiger partial charge in [0.15, 0.2) is 5.71 Å². The molecule has 290 valence electrons. The van der Waals surface area contributed by atoms with Crippen LogP contribution in [0.1, 0.15) is 76.0 Å². The molecule has 0 aromatic heterocycles. The van der Waals surface area contributed by atoms with Crippen molar-refractivity contribution in [3.05, 3.63) is 77.0 Å². The molecule has 15 nitrogen and oxygen atoms in total. The summed E-state index contributed by atoms with van der Waals surface area (Å²) >= 11 is 0. The van der Waals surface area contributed by atoms with Gasteiger partial charge in [-0.2, -0.15) is 21.4 Å². The Hall–Kier alpha value is -3.94. The van der Waals surface area contributed by atoms with Crippen LogP contribution in [0.2, 0.25) is 0 Å². The number of nitrogens with zero attached hydrogens (tertiary/aromatic N) is 2. The molecule has 2 atom stereocenters. The van der Waals surface area contributed by atoms with Gasteiger partial charge < -0.3 is 24.5 Å². The molecular formula is C35H43N2O13S3-. The van der Waals surface area contributed by atoms with E-state index < -0.39 is 64.6 Å². The van der Waals surface area contributed by atoms with Gasteiger partial charge in [-0.25, -0.2) is 8.42 Å². The topological polar surface area (TPSA) is 250 Å². The molecule has 0 radical (unpaired) electrons. The second-order valence-electron chi connectivity index (χ2n) is 13.7. The summed E-state index contributed by atoms with van der Waals surface area (Å²) in [5, 5.41) is 20.9. The number of anilines is 1. The number of carbonyl (C=O) groups excluding carboxylic acids is 1. The second-order valence-corrected chi connectivity index (χ2v) is 18.2. The molecule has 2 heterocycles. The SMILES string of the molecule is CCN1C(=CC=CC2=[N+](CCCS(=O)(=O)[O-])c3ccc(CC(=O)[O-])cc3C2(C)CCCC(=O)O)C(C)(CCCS(=O)(=O)O)c2cc(S(=O)(=O)O)ccc21. The average molecular weight is 796 g/mol. The molecule has 0 aliphatic carbocycles. The van der Waals surface area contributed by atoms with E-state index in [4.69, 9.17) is 0 Å². The van der Waals surface area contributed by atoms with Gasteiger partial charge in [0.05, 0.1) is 26.2 Å². The van der Waals surface area contributed by atoms with Gasteiger partial charge in [-0.3, -0.25) is 13.9 Å². The van der Waals surface area contributed by atoms with Crippen LogP contribution >= 0.6 is 0 Å². The first-order valence-electron chi connectivity index (χ1n) is 16.9. The lowest BCUT2D eigenvalue weighted by atomic mass is 9.74. The third-order valence-electron chi connectivity index (χ3n) is 9.91. The first-order valence-corrected chi connectivity index (χ1v) is 21.5. The van der Waals surface area contributed by atoms with E-state index in [0.717, 1.165) is 0 Å². The normalized spacial score (nSPS) is 21.1. The van der Waals surface area contributed by atoms with Crippen LogP contribution in [0.5, 0.6) is 0 Å². The summed E-state index contributed by atoms with van der Waals surface area (Å²) in [7, 11) is -13.5. The minimum absolute atomic E-state index is 0.00239. The van der Waals surface area contributed by atoms with Crippen LogP contribution in [0.3, 0.4) is 0 Å². The number of hydrogen-bond acceptors (Lipinski definition) is 11. The summed E-state index contributed by atoms with van der Waals surface area (Å²) < 4.78 is 103. The predicted molar refractivity (Wildman–Crippen MR) is 192 cm³/mol. The lowest BCUT2D eigenvalue weighted by Gasteiger charge is -2.30. The maximum Gasteiger partial charge on any atom is 0.303 e. The predicted octanol–water partition coefficient (Wildman–Crippen LogP) is 2.68. The number of fused-ring (bicyclic) bond motifs is 2. The Morgan fingerprint density at radius 2 is 1.58 bits per heavy atom. The molecule has 3 N–H and O–H groups in total. The van der Waals surface area contributed by atoms with Gasteiger partial charge in [0.25, 0.3) is 20.2 Å². The van der Waals surface area contributed by atoms with Gasteiger partial charge in [-0.05, 0) is 87.9 Å². The summed E-state index contributed by atoms with van der Waals surface area (Å²) in [5.41, 5.74) is 2.18. The highest BCUT2D eigenvalue weighted by molar-refractivity contribution is 7.86. The van der Waals surface area contributed by atoms with Gasteiger partial charge in [0.2, 0.25) is 5.69 Å². The Balaban J connectivity index is 1.90. The first kappa shape index (κ1) is 41.8. The van der Waals surface area contributed by atoms with Crippen molar-refractivity contribution in [2.45, 2.75) is 81.4 Å². The van der Waals surface area contributed by atoms with E-state index >= 15 is 0 Å². The van der Waals surface area contributed by atoms with Crippen molar-refractivity contribution >= 4 is 59.4 Å². The molecule has 4 rings (SSSR count). The van der Waals surface area contributed by atoms with Gasteiger partial charge in [-0.1, -0.05) is 12.1 Å². The maximum absolute atomic E-state index is 12.1. The van der Waals surface area contributed by atoms with Crippen LogP contribution in [0.15, 0.2) is 65.2 Å². The quantitative estimate of drug-likeness (QED) is 0.145. The molecule has 0 spiro atoms. The Bertz CT molecular complexity index is 2210. The van der Waals surface area contributed by atoms with Crippen molar-refractivity contribution < 1.29 is 63.3 Å². The molecule has 2 aromatic carbocycles. The number of allylic oxidation sites excluding steroid dienone is 4. The zero-order valence-electron chi connectivity index (χ0n) is 29.5. The minimum atomic E-state index is -4.60. The summed E-state index contributed by atoms with van der Waals surface area (Å²) in [5.74, 6) is -3.51. The molecule has 0 fully saturated rings. The third kappa shape index (κ3) is 9.79. The molecule has 2 aliphatic heterocycles. The molecule has 0 saturated heterocycles. The molecule has 53 heavy (non-hydrogen) atoms. The standard InChI is InChI=1S/C35H44N2O13S3/c1-4-36-28-15-13-25(53(48,49)50)23-27(28)35(3,17-7-19-51(42,43)44)30(36)9-5-10-31-34(2,16-6-11-32(38)39)26-21-24(22-33(40)41)12-14-29(26)37(31)18-8-20-52(45,46)47/h5,9-10,12-15,21,23H,4,6-8,11,16-20,22H2,1-3H3,(H4-,38,39,40,41,42,43,44,45,46,47,48,49,50)/p-1. The number of carbonyl (C=O) groups is 2. The van der Waals surface area contributed by atoms with E-state index in [1.54, 1.807) is 49.4 Å². The fourth-order valence-corrected chi connectivity index (χ4v) is 9.01. The van der Waals surface area contributed by atoms with E-state index in [0.29, 0.717) is 52.4 Å².